The molecule has 6 heteroatoms. The number of nitrogens with zero attached hydrogens (tertiary/aromatic N) is 2. The van der Waals surface area contributed by atoms with Gasteiger partial charge in [-0.25, -0.2) is 0 Å². The van der Waals surface area contributed by atoms with Crippen molar-refractivity contribution < 1.29 is 19.1 Å². The van der Waals surface area contributed by atoms with Gasteiger partial charge in [0, 0.05) is 19.2 Å². The molecule has 3 rings (SSSR count). The smallest absolute Gasteiger partial charge is 0.231 e. The molecule has 1 N–H and O–H groups in total. The molecule has 112 valence electrons. The van der Waals surface area contributed by atoms with Gasteiger partial charge in [-0.3, -0.25) is 4.90 Å². The Morgan fingerprint density at radius 1 is 1.29 bits per heavy atom. The first-order chi connectivity index (χ1) is 10.1. The normalized spacial score (nSPS) is 14.7. The van der Waals surface area contributed by atoms with E-state index in [4.69, 9.17) is 14.0 Å². The third-order valence-electron chi connectivity index (χ3n) is 3.37. The fourth-order valence-electron chi connectivity index (χ4n) is 2.35. The Labute approximate surface area is 122 Å². The van der Waals surface area contributed by atoms with Crippen LogP contribution in [0.25, 0.3) is 0 Å². The van der Waals surface area contributed by atoms with Crippen LogP contribution < -0.4 is 9.47 Å². The molecule has 1 unspecified atom stereocenters. The van der Waals surface area contributed by atoms with Gasteiger partial charge < -0.3 is 19.1 Å². The van der Waals surface area contributed by atoms with Gasteiger partial charge in [0.1, 0.15) is 5.76 Å². The van der Waals surface area contributed by atoms with Gasteiger partial charge in [-0.05, 0) is 31.7 Å². The summed E-state index contributed by atoms with van der Waals surface area (Å²) in [4.78, 5) is 1.99. The van der Waals surface area contributed by atoms with Gasteiger partial charge in [0.05, 0.1) is 11.8 Å². The van der Waals surface area contributed by atoms with Crippen molar-refractivity contribution in [3.63, 3.8) is 0 Å². The number of aliphatic hydroxyl groups excluding tert-OH is 1. The van der Waals surface area contributed by atoms with Gasteiger partial charge in [-0.2, -0.15) is 0 Å². The van der Waals surface area contributed by atoms with Crippen molar-refractivity contribution in [3.05, 3.63) is 41.3 Å². The van der Waals surface area contributed by atoms with Gasteiger partial charge in [0.2, 0.25) is 6.79 Å². The molecule has 0 spiro atoms. The number of aliphatic hydroxyl groups is 1. The monoisotopic (exact) mass is 290 g/mol. The molecule has 0 bridgehead atoms. The molecule has 0 saturated carbocycles. The van der Waals surface area contributed by atoms with Crippen LogP contribution in [0.15, 0.2) is 28.8 Å². The summed E-state index contributed by atoms with van der Waals surface area (Å²) in [6, 6.07) is 7.39. The molecule has 6 nitrogen and oxygen atoms in total. The second-order valence-corrected chi connectivity index (χ2v) is 5.25. The van der Waals surface area contributed by atoms with Crippen LogP contribution in [0.4, 0.5) is 0 Å². The maximum Gasteiger partial charge on any atom is 0.231 e. The number of hydrogen-bond donors (Lipinski definition) is 1. The largest absolute Gasteiger partial charge is 0.454 e. The van der Waals surface area contributed by atoms with Crippen LogP contribution in [0.1, 0.15) is 23.1 Å². The lowest BCUT2D eigenvalue weighted by Gasteiger charge is -2.19. The van der Waals surface area contributed by atoms with Crippen LogP contribution >= 0.6 is 0 Å². The highest BCUT2D eigenvalue weighted by Crippen LogP contribution is 2.34. The van der Waals surface area contributed by atoms with E-state index in [2.05, 4.69) is 5.16 Å². The summed E-state index contributed by atoms with van der Waals surface area (Å²) in [7, 11) is 1.93. The molecule has 1 aromatic heterocycles. The maximum absolute atomic E-state index is 10.3. The SMILES string of the molecule is Cc1cc(CN(C)CC(O)c2ccc3c(c2)OCO3)no1. The lowest BCUT2D eigenvalue weighted by molar-refractivity contribution is 0.122. The summed E-state index contributed by atoms with van der Waals surface area (Å²) >= 11 is 0. The van der Waals surface area contributed by atoms with Crippen molar-refractivity contribution in [2.75, 3.05) is 20.4 Å². The van der Waals surface area contributed by atoms with Crippen LogP contribution in [-0.4, -0.2) is 35.5 Å². The highest BCUT2D eigenvalue weighted by atomic mass is 16.7. The van der Waals surface area contributed by atoms with Gasteiger partial charge in [-0.15, -0.1) is 0 Å². The lowest BCUT2D eigenvalue weighted by atomic mass is 10.1. The van der Waals surface area contributed by atoms with E-state index in [1.807, 2.05) is 43.1 Å². The fourth-order valence-corrected chi connectivity index (χ4v) is 2.35. The van der Waals surface area contributed by atoms with Crippen molar-refractivity contribution in [3.8, 4) is 11.5 Å². The first-order valence-electron chi connectivity index (χ1n) is 6.80. The minimum atomic E-state index is -0.600. The summed E-state index contributed by atoms with van der Waals surface area (Å²) in [6.45, 7) is 3.21. The van der Waals surface area contributed by atoms with Crippen LogP contribution in [-0.2, 0) is 6.54 Å². The number of aryl methyl sites for hydroxylation is 1. The van der Waals surface area contributed by atoms with Crippen molar-refractivity contribution in [2.45, 2.75) is 19.6 Å². The molecule has 2 heterocycles. The Kier molecular flexibility index (Phi) is 3.81. The molecule has 0 saturated heterocycles. The second-order valence-electron chi connectivity index (χ2n) is 5.25. The standard InChI is InChI=1S/C15H18N2O4/c1-10-5-12(16-21-10)7-17(2)8-13(18)11-3-4-14-15(6-11)20-9-19-14/h3-6,13,18H,7-9H2,1-2H3. The molecule has 21 heavy (non-hydrogen) atoms. The number of likely N-dealkylation sites (N-methyl/N-ethyl adjacent to an activating group) is 1. The van der Waals surface area contributed by atoms with Crippen molar-refractivity contribution in [1.29, 1.82) is 0 Å². The molecule has 1 atom stereocenters. The van der Waals surface area contributed by atoms with Gasteiger partial charge in [0.25, 0.3) is 0 Å². The molecule has 0 fully saturated rings. The highest BCUT2D eigenvalue weighted by molar-refractivity contribution is 5.45. The van der Waals surface area contributed by atoms with E-state index in [9.17, 15) is 5.11 Å². The number of benzene rings is 1. The summed E-state index contributed by atoms with van der Waals surface area (Å²) < 4.78 is 15.6. The average molecular weight is 290 g/mol. The minimum absolute atomic E-state index is 0.236. The van der Waals surface area contributed by atoms with Crippen molar-refractivity contribution in [2.24, 2.45) is 0 Å². The Bertz CT molecular complexity index is 626. The molecule has 1 aromatic carbocycles. The van der Waals surface area contributed by atoms with Gasteiger partial charge in [0.15, 0.2) is 11.5 Å². The van der Waals surface area contributed by atoms with Crippen LogP contribution in [0.3, 0.4) is 0 Å². The summed E-state index contributed by atoms with van der Waals surface area (Å²) in [6.07, 6.45) is -0.600. The van der Waals surface area contributed by atoms with Crippen molar-refractivity contribution >= 4 is 0 Å². The summed E-state index contributed by atoms with van der Waals surface area (Å²) in [5.41, 5.74) is 1.66. The predicted octanol–water partition coefficient (Wildman–Crippen LogP) is 1.88. The topological polar surface area (TPSA) is 68.0 Å². The fraction of sp³-hybridized carbons (Fsp3) is 0.400. The van der Waals surface area contributed by atoms with E-state index in [1.54, 1.807) is 0 Å². The molecule has 0 radical (unpaired) electrons. The lowest BCUT2D eigenvalue weighted by Crippen LogP contribution is -2.24. The van der Waals surface area contributed by atoms with E-state index < -0.39 is 6.10 Å². The van der Waals surface area contributed by atoms with Gasteiger partial charge >= 0.3 is 0 Å². The quantitative estimate of drug-likeness (QED) is 0.907. The Morgan fingerprint density at radius 3 is 2.86 bits per heavy atom. The molecule has 0 aliphatic carbocycles. The molecule has 0 amide bonds. The highest BCUT2D eigenvalue weighted by Gasteiger charge is 2.18. The Hall–Kier alpha value is -2.05. The van der Waals surface area contributed by atoms with Crippen LogP contribution in [0.2, 0.25) is 0 Å². The van der Waals surface area contributed by atoms with E-state index >= 15 is 0 Å². The van der Waals surface area contributed by atoms with E-state index in [1.165, 1.54) is 0 Å². The van der Waals surface area contributed by atoms with Crippen LogP contribution in [0.5, 0.6) is 11.5 Å². The molecule has 1 aliphatic heterocycles. The minimum Gasteiger partial charge on any atom is -0.454 e. The number of ether oxygens (including phenoxy) is 2. The zero-order valence-electron chi connectivity index (χ0n) is 12.1. The second kappa shape index (κ2) is 5.75. The zero-order chi connectivity index (χ0) is 14.8. The zero-order valence-corrected chi connectivity index (χ0v) is 12.1. The Morgan fingerprint density at radius 2 is 2.10 bits per heavy atom. The molecular weight excluding hydrogens is 272 g/mol. The molecular formula is C15H18N2O4. The third-order valence-corrected chi connectivity index (χ3v) is 3.37. The third kappa shape index (κ3) is 3.17. The summed E-state index contributed by atoms with van der Waals surface area (Å²) in [5.74, 6) is 2.19. The molecule has 2 aromatic rings. The summed E-state index contributed by atoms with van der Waals surface area (Å²) in [5, 5.41) is 14.3. The van der Waals surface area contributed by atoms with E-state index in [0.29, 0.717) is 18.8 Å². The Balaban J connectivity index is 1.61. The first kappa shape index (κ1) is 13.9. The van der Waals surface area contributed by atoms with Crippen LogP contribution in [0, 0.1) is 6.92 Å². The number of hydrogen-bond acceptors (Lipinski definition) is 6. The number of rotatable bonds is 5. The van der Waals surface area contributed by atoms with E-state index in [0.717, 1.165) is 22.8 Å². The van der Waals surface area contributed by atoms with Gasteiger partial charge in [-0.1, -0.05) is 11.2 Å². The molecule has 1 aliphatic rings. The predicted molar refractivity (Wildman–Crippen MR) is 75.1 cm³/mol. The first-order valence-corrected chi connectivity index (χ1v) is 6.80. The number of fused-ring (bicyclic) bond motifs is 1. The van der Waals surface area contributed by atoms with Crippen molar-refractivity contribution in [1.82, 2.24) is 10.1 Å². The van der Waals surface area contributed by atoms with E-state index in [-0.39, 0.29) is 6.79 Å². The average Bonchev–Trinajstić information content (AvgIpc) is 3.06. The number of aromatic nitrogens is 1. The maximum atomic E-state index is 10.3.